The van der Waals surface area contributed by atoms with Crippen molar-refractivity contribution >= 4 is 23.5 Å². The lowest BCUT2D eigenvalue weighted by Crippen LogP contribution is -2.41. The Bertz CT molecular complexity index is 210. The zero-order valence-corrected chi connectivity index (χ0v) is 9.67. The van der Waals surface area contributed by atoms with Crippen LogP contribution in [0.5, 0.6) is 0 Å². The summed E-state index contributed by atoms with van der Waals surface area (Å²) in [6.07, 6.45) is 0.540. The van der Waals surface area contributed by atoms with Crippen molar-refractivity contribution in [3.8, 4) is 0 Å². The predicted octanol–water partition coefficient (Wildman–Crippen LogP) is 0.946. The van der Waals surface area contributed by atoms with E-state index >= 15 is 0 Å². The Balaban J connectivity index is 4.06. The van der Waals surface area contributed by atoms with Gasteiger partial charge in [-0.1, -0.05) is 0 Å². The van der Waals surface area contributed by atoms with Crippen molar-refractivity contribution in [1.82, 2.24) is 5.32 Å². The zero-order valence-electron chi connectivity index (χ0n) is 8.92. The van der Waals surface area contributed by atoms with Crippen LogP contribution in [-0.2, 0) is 14.3 Å². The summed E-state index contributed by atoms with van der Waals surface area (Å²) in [5.41, 5.74) is 0. The van der Waals surface area contributed by atoms with E-state index in [-0.39, 0.29) is 11.7 Å². The second kappa shape index (κ2) is 8.49. The number of ether oxygens (including phenoxy) is 2. The molecule has 15 heavy (non-hydrogen) atoms. The molecule has 0 aromatic rings. The number of hydrogen-bond donors (Lipinski definition) is 1. The molecule has 0 spiro atoms. The smallest absolute Gasteiger partial charge is 0.407 e. The second-order valence-electron chi connectivity index (χ2n) is 2.92. The van der Waals surface area contributed by atoms with Gasteiger partial charge in [0, 0.05) is 13.7 Å². The van der Waals surface area contributed by atoms with Gasteiger partial charge in [-0.3, -0.25) is 4.79 Å². The summed E-state index contributed by atoms with van der Waals surface area (Å²) in [6.45, 7) is 0.537. The van der Waals surface area contributed by atoms with Crippen LogP contribution < -0.4 is 5.32 Å². The van der Waals surface area contributed by atoms with Crippen LogP contribution in [0.2, 0.25) is 0 Å². The van der Waals surface area contributed by atoms with Crippen molar-refractivity contribution in [2.75, 3.05) is 26.7 Å². The average Bonchev–Trinajstić information content (AvgIpc) is 2.26. The molecule has 6 heteroatoms. The van der Waals surface area contributed by atoms with Crippen molar-refractivity contribution in [2.45, 2.75) is 18.9 Å². The van der Waals surface area contributed by atoms with Crippen LogP contribution in [0, 0.1) is 0 Å². The Morgan fingerprint density at radius 3 is 2.53 bits per heavy atom. The summed E-state index contributed by atoms with van der Waals surface area (Å²) in [4.78, 5) is 22.2. The number of carbonyl (C=O) groups is 2. The van der Waals surface area contributed by atoms with Crippen LogP contribution in [-0.4, -0.2) is 44.6 Å². The Morgan fingerprint density at radius 2 is 2.07 bits per heavy atom. The number of carbonyl (C=O) groups excluding carboxylic acids is 2. The number of alkyl carbamates (subject to hydrolysis) is 1. The van der Waals surface area contributed by atoms with E-state index in [1.54, 1.807) is 7.11 Å². The van der Waals surface area contributed by atoms with Gasteiger partial charge in [0.25, 0.3) is 0 Å². The number of rotatable bonds is 7. The summed E-state index contributed by atoms with van der Waals surface area (Å²) in [5.74, 6) is -0.347. The first-order valence-corrected chi connectivity index (χ1v) is 5.11. The molecular formula is C9H16ClNO4. The van der Waals surface area contributed by atoms with Gasteiger partial charge in [0.05, 0.1) is 19.0 Å². The van der Waals surface area contributed by atoms with E-state index in [1.807, 2.05) is 0 Å². The Hall–Kier alpha value is -0.810. The average molecular weight is 238 g/mol. The lowest BCUT2D eigenvalue weighted by atomic mass is 10.1. The molecule has 0 saturated carbocycles. The first-order chi connectivity index (χ1) is 7.15. The molecule has 0 aliphatic rings. The van der Waals surface area contributed by atoms with Crippen molar-refractivity contribution < 1.29 is 19.1 Å². The number of amides is 1. The molecule has 0 heterocycles. The monoisotopic (exact) mass is 237 g/mol. The first-order valence-electron chi connectivity index (χ1n) is 4.57. The molecule has 0 radical (unpaired) electrons. The molecule has 0 aliphatic carbocycles. The van der Waals surface area contributed by atoms with E-state index in [9.17, 15) is 9.59 Å². The predicted molar refractivity (Wildman–Crippen MR) is 56.2 cm³/mol. The van der Waals surface area contributed by atoms with Crippen LogP contribution in [0.4, 0.5) is 4.79 Å². The molecule has 1 N–H and O–H groups in total. The van der Waals surface area contributed by atoms with Gasteiger partial charge in [0.2, 0.25) is 0 Å². The van der Waals surface area contributed by atoms with Crippen molar-refractivity contribution in [3.05, 3.63) is 0 Å². The molecule has 0 aromatic heterocycles. The van der Waals surface area contributed by atoms with Crippen molar-refractivity contribution in [1.29, 1.82) is 0 Å². The molecule has 1 unspecified atom stereocenters. The normalized spacial score (nSPS) is 11.9. The van der Waals surface area contributed by atoms with E-state index in [0.29, 0.717) is 19.4 Å². The Morgan fingerprint density at radius 1 is 1.40 bits per heavy atom. The SMILES string of the molecule is COCCCC(NC(=O)OC)C(=O)CCl. The minimum absolute atomic E-state index is 0.123. The minimum Gasteiger partial charge on any atom is -0.453 e. The number of alkyl halides is 1. The Kier molecular flexibility index (Phi) is 8.04. The topological polar surface area (TPSA) is 64.6 Å². The highest BCUT2D eigenvalue weighted by Gasteiger charge is 2.19. The highest BCUT2D eigenvalue weighted by atomic mass is 35.5. The van der Waals surface area contributed by atoms with Crippen LogP contribution in [0.15, 0.2) is 0 Å². The third-order valence-electron chi connectivity index (χ3n) is 1.84. The quantitative estimate of drug-likeness (QED) is 0.529. The maximum atomic E-state index is 11.3. The third-order valence-corrected chi connectivity index (χ3v) is 2.10. The summed E-state index contributed by atoms with van der Waals surface area (Å²) in [5, 5.41) is 2.43. The second-order valence-corrected chi connectivity index (χ2v) is 3.19. The molecule has 0 aliphatic heterocycles. The number of Topliss-reactive ketones (excluding diaryl/α,β-unsaturated/α-hetero) is 1. The number of ketones is 1. The van der Waals surface area contributed by atoms with Crippen LogP contribution in [0.3, 0.4) is 0 Å². The first kappa shape index (κ1) is 14.2. The fraction of sp³-hybridized carbons (Fsp3) is 0.778. The molecule has 0 fully saturated rings. The zero-order chi connectivity index (χ0) is 11.7. The highest BCUT2D eigenvalue weighted by molar-refractivity contribution is 6.28. The van der Waals surface area contributed by atoms with Gasteiger partial charge in [-0.25, -0.2) is 4.79 Å². The molecule has 0 bridgehead atoms. The standard InChI is InChI=1S/C9H16ClNO4/c1-14-5-3-4-7(8(12)6-10)11-9(13)15-2/h7H,3-6H2,1-2H3,(H,11,13). The van der Waals surface area contributed by atoms with Crippen molar-refractivity contribution in [3.63, 3.8) is 0 Å². The van der Waals surface area contributed by atoms with Gasteiger partial charge in [0.1, 0.15) is 0 Å². The largest absolute Gasteiger partial charge is 0.453 e. The molecule has 0 rings (SSSR count). The number of halogens is 1. The van der Waals surface area contributed by atoms with Crippen LogP contribution in [0.1, 0.15) is 12.8 Å². The lowest BCUT2D eigenvalue weighted by molar-refractivity contribution is -0.118. The number of methoxy groups -OCH3 is 2. The minimum atomic E-state index is -0.629. The van der Waals surface area contributed by atoms with Gasteiger partial charge in [-0.2, -0.15) is 0 Å². The van der Waals surface area contributed by atoms with E-state index < -0.39 is 12.1 Å². The van der Waals surface area contributed by atoms with E-state index in [4.69, 9.17) is 16.3 Å². The van der Waals surface area contributed by atoms with E-state index in [0.717, 1.165) is 0 Å². The summed E-state index contributed by atoms with van der Waals surface area (Å²) < 4.78 is 9.25. The maximum Gasteiger partial charge on any atom is 0.407 e. The molecule has 1 atom stereocenters. The molecule has 5 nitrogen and oxygen atoms in total. The third kappa shape index (κ3) is 6.30. The molecule has 0 saturated heterocycles. The van der Waals surface area contributed by atoms with Gasteiger partial charge >= 0.3 is 6.09 Å². The lowest BCUT2D eigenvalue weighted by Gasteiger charge is -2.15. The van der Waals surface area contributed by atoms with Gasteiger partial charge in [-0.05, 0) is 12.8 Å². The molecule has 1 amide bonds. The molecule has 0 aromatic carbocycles. The number of nitrogens with one attached hydrogen (secondary N) is 1. The van der Waals surface area contributed by atoms with Crippen molar-refractivity contribution in [2.24, 2.45) is 0 Å². The van der Waals surface area contributed by atoms with E-state index in [2.05, 4.69) is 10.1 Å². The Labute approximate surface area is 94.1 Å². The summed E-state index contributed by atoms with van der Waals surface area (Å²) in [6, 6.07) is -0.593. The summed E-state index contributed by atoms with van der Waals surface area (Å²) in [7, 11) is 2.82. The molecular weight excluding hydrogens is 222 g/mol. The van der Waals surface area contributed by atoms with Gasteiger partial charge < -0.3 is 14.8 Å². The van der Waals surface area contributed by atoms with E-state index in [1.165, 1.54) is 7.11 Å². The number of hydrogen-bond acceptors (Lipinski definition) is 4. The highest BCUT2D eigenvalue weighted by Crippen LogP contribution is 2.01. The van der Waals surface area contributed by atoms with Crippen LogP contribution in [0.25, 0.3) is 0 Å². The maximum absolute atomic E-state index is 11.3. The van der Waals surface area contributed by atoms with Gasteiger partial charge in [-0.15, -0.1) is 11.6 Å². The van der Waals surface area contributed by atoms with Gasteiger partial charge in [0.15, 0.2) is 5.78 Å². The molecule has 88 valence electrons. The summed E-state index contributed by atoms with van der Waals surface area (Å²) >= 11 is 5.41. The fourth-order valence-corrected chi connectivity index (χ4v) is 1.23. The van der Waals surface area contributed by atoms with Crippen LogP contribution >= 0.6 is 11.6 Å². The fourth-order valence-electron chi connectivity index (χ4n) is 1.04.